The average Bonchev–Trinajstić information content (AvgIpc) is 2.95. The number of nitrogens with one attached hydrogen (secondary N) is 1. The van der Waals surface area contributed by atoms with Gasteiger partial charge >= 0.3 is 6.18 Å². The molecule has 1 amide bonds. The third-order valence-corrected chi connectivity index (χ3v) is 3.84. The minimum Gasteiger partial charge on any atom is -0.485 e. The summed E-state index contributed by atoms with van der Waals surface area (Å²) in [6.45, 7) is 0.287. The fraction of sp³-hybridized carbons (Fsp3) is 0.250. The van der Waals surface area contributed by atoms with Crippen LogP contribution in [0.4, 0.5) is 18.9 Å². The minimum absolute atomic E-state index is 0.0429. The first-order valence-electron chi connectivity index (χ1n) is 7.10. The molecular weight excluding hydrogens is 343 g/mol. The predicted octanol–water partition coefficient (Wildman–Crippen LogP) is 2.65. The van der Waals surface area contributed by atoms with Crippen molar-refractivity contribution >= 4 is 17.4 Å². The minimum atomic E-state index is -5.18. The van der Waals surface area contributed by atoms with Crippen molar-refractivity contribution in [1.82, 2.24) is 0 Å². The number of carbonyl (C=O) groups excluding carboxylic acids is 2. The number of ketones is 1. The lowest BCUT2D eigenvalue weighted by atomic mass is 10.0. The van der Waals surface area contributed by atoms with Gasteiger partial charge in [0.2, 0.25) is 11.4 Å². The number of amides is 1. The average molecular weight is 355 g/mol. The Hall–Kier alpha value is -2.81. The van der Waals surface area contributed by atoms with Gasteiger partial charge in [0.1, 0.15) is 12.4 Å². The number of aliphatic hydroxyl groups is 1. The van der Waals surface area contributed by atoms with Gasteiger partial charge in [-0.05, 0) is 25.1 Å². The van der Waals surface area contributed by atoms with Gasteiger partial charge in [-0.15, -0.1) is 0 Å². The van der Waals surface area contributed by atoms with Crippen molar-refractivity contribution in [2.75, 3.05) is 5.32 Å². The maximum atomic E-state index is 12.8. The van der Waals surface area contributed by atoms with Gasteiger partial charge < -0.3 is 19.6 Å². The van der Waals surface area contributed by atoms with Crippen LogP contribution in [-0.2, 0) is 11.4 Å². The largest absolute Gasteiger partial charge is 0.485 e. The van der Waals surface area contributed by atoms with Crippen LogP contribution in [0.1, 0.15) is 28.6 Å². The Bertz CT molecular complexity index is 854. The molecule has 132 valence electrons. The Kier molecular flexibility index (Phi) is 3.83. The molecule has 2 heterocycles. The third kappa shape index (κ3) is 2.76. The first-order chi connectivity index (χ1) is 11.6. The van der Waals surface area contributed by atoms with Crippen LogP contribution in [0, 0.1) is 0 Å². The number of fused-ring (bicyclic) bond motifs is 2. The number of alkyl halides is 3. The Labute approximate surface area is 139 Å². The van der Waals surface area contributed by atoms with Crippen molar-refractivity contribution in [2.45, 2.75) is 25.3 Å². The Morgan fingerprint density at radius 1 is 1.28 bits per heavy atom. The SMILES string of the molecule is C[C@](O)(C(=O)Nc1cccc2c1C(=O)c1ccoc1CO2)C(F)(F)F. The van der Waals surface area contributed by atoms with Crippen LogP contribution in [0.5, 0.6) is 5.75 Å². The molecule has 25 heavy (non-hydrogen) atoms. The molecule has 2 aromatic rings. The molecule has 0 spiro atoms. The lowest BCUT2D eigenvalue weighted by Gasteiger charge is -2.25. The van der Waals surface area contributed by atoms with E-state index in [2.05, 4.69) is 0 Å². The van der Waals surface area contributed by atoms with Crippen LogP contribution in [0.3, 0.4) is 0 Å². The summed E-state index contributed by atoms with van der Waals surface area (Å²) < 4.78 is 49.0. The molecule has 0 bridgehead atoms. The maximum absolute atomic E-state index is 12.8. The number of ether oxygens (including phenoxy) is 1. The van der Waals surface area contributed by atoms with E-state index >= 15 is 0 Å². The summed E-state index contributed by atoms with van der Waals surface area (Å²) in [5.74, 6) is -1.93. The zero-order valence-electron chi connectivity index (χ0n) is 12.8. The Balaban J connectivity index is 2.01. The van der Waals surface area contributed by atoms with Crippen molar-refractivity contribution in [3.05, 3.63) is 47.4 Å². The molecule has 0 fully saturated rings. The molecule has 0 aliphatic carbocycles. The molecule has 3 rings (SSSR count). The van der Waals surface area contributed by atoms with Gasteiger partial charge in [-0.1, -0.05) is 6.07 Å². The van der Waals surface area contributed by atoms with Crippen molar-refractivity contribution in [1.29, 1.82) is 0 Å². The summed E-state index contributed by atoms with van der Waals surface area (Å²) in [5, 5.41) is 11.4. The van der Waals surface area contributed by atoms with Crippen molar-refractivity contribution in [2.24, 2.45) is 0 Å². The van der Waals surface area contributed by atoms with E-state index in [1.807, 2.05) is 5.32 Å². The predicted molar refractivity (Wildman–Crippen MR) is 78.2 cm³/mol. The van der Waals surface area contributed by atoms with Crippen LogP contribution < -0.4 is 10.1 Å². The normalized spacial score (nSPS) is 16.1. The van der Waals surface area contributed by atoms with E-state index < -0.39 is 23.5 Å². The monoisotopic (exact) mass is 355 g/mol. The van der Waals surface area contributed by atoms with Crippen LogP contribution in [0.2, 0.25) is 0 Å². The molecular formula is C16H12F3NO5. The van der Waals surface area contributed by atoms with E-state index in [0.717, 1.165) is 0 Å². The van der Waals surface area contributed by atoms with Gasteiger partial charge in [0.15, 0.2) is 5.76 Å². The number of carbonyl (C=O) groups is 2. The summed E-state index contributed by atoms with van der Waals surface area (Å²) in [6, 6.07) is 5.49. The van der Waals surface area contributed by atoms with E-state index in [9.17, 15) is 27.9 Å². The lowest BCUT2D eigenvalue weighted by molar-refractivity contribution is -0.242. The standard InChI is InChI=1S/C16H12F3NO5/c1-15(23,16(17,18)19)14(22)20-9-3-2-4-10-12(9)13(21)8-5-6-24-11(8)7-25-10/h2-6,23H,7H2,1H3,(H,20,22)/t15-/m0/s1. The molecule has 6 nitrogen and oxygen atoms in total. The second-order valence-electron chi connectivity index (χ2n) is 5.58. The fourth-order valence-electron chi connectivity index (χ4n) is 2.30. The molecule has 2 N–H and O–H groups in total. The maximum Gasteiger partial charge on any atom is 0.426 e. The Morgan fingerprint density at radius 2 is 2.00 bits per heavy atom. The highest BCUT2D eigenvalue weighted by Gasteiger charge is 2.56. The van der Waals surface area contributed by atoms with Gasteiger partial charge in [0.05, 0.1) is 23.1 Å². The molecule has 0 radical (unpaired) electrons. The lowest BCUT2D eigenvalue weighted by Crippen LogP contribution is -2.52. The second-order valence-corrected chi connectivity index (χ2v) is 5.58. The number of hydrogen-bond donors (Lipinski definition) is 2. The van der Waals surface area contributed by atoms with E-state index in [1.54, 1.807) is 0 Å². The van der Waals surface area contributed by atoms with Crippen molar-refractivity contribution in [3.8, 4) is 5.75 Å². The molecule has 0 unspecified atom stereocenters. The molecule has 1 atom stereocenters. The summed E-state index contributed by atoms with van der Waals surface area (Å²) in [6.07, 6.45) is -3.90. The van der Waals surface area contributed by atoms with Crippen molar-refractivity contribution in [3.63, 3.8) is 0 Å². The van der Waals surface area contributed by atoms with E-state index in [1.165, 1.54) is 30.5 Å². The van der Waals surface area contributed by atoms with Crippen molar-refractivity contribution < 1.29 is 37.0 Å². The molecule has 0 saturated heterocycles. The van der Waals surface area contributed by atoms with Gasteiger partial charge in [0, 0.05) is 0 Å². The molecule has 9 heteroatoms. The zero-order valence-corrected chi connectivity index (χ0v) is 12.8. The second kappa shape index (κ2) is 5.62. The molecule has 1 aliphatic heterocycles. The first kappa shape index (κ1) is 17.0. The Morgan fingerprint density at radius 3 is 2.68 bits per heavy atom. The number of anilines is 1. The highest BCUT2D eigenvalue weighted by Crippen LogP contribution is 2.36. The van der Waals surface area contributed by atoms with Crippen LogP contribution in [-0.4, -0.2) is 28.6 Å². The van der Waals surface area contributed by atoms with E-state index in [4.69, 9.17) is 9.15 Å². The van der Waals surface area contributed by atoms with Crippen LogP contribution in [0.25, 0.3) is 0 Å². The third-order valence-electron chi connectivity index (χ3n) is 3.84. The number of benzene rings is 1. The molecule has 1 aliphatic rings. The van der Waals surface area contributed by atoms with Gasteiger partial charge in [0.25, 0.3) is 5.91 Å². The quantitative estimate of drug-likeness (QED) is 0.865. The molecule has 1 aromatic carbocycles. The van der Waals surface area contributed by atoms with Gasteiger partial charge in [-0.3, -0.25) is 9.59 Å². The topological polar surface area (TPSA) is 88.8 Å². The highest BCUT2D eigenvalue weighted by atomic mass is 19.4. The van der Waals surface area contributed by atoms with E-state index in [0.29, 0.717) is 6.92 Å². The summed E-state index contributed by atoms with van der Waals surface area (Å²) >= 11 is 0. The van der Waals surface area contributed by atoms with E-state index in [-0.39, 0.29) is 34.9 Å². The van der Waals surface area contributed by atoms with Gasteiger partial charge in [-0.25, -0.2) is 0 Å². The number of hydrogen-bond acceptors (Lipinski definition) is 5. The fourth-order valence-corrected chi connectivity index (χ4v) is 2.30. The highest BCUT2D eigenvalue weighted by molar-refractivity contribution is 6.16. The number of furan rings is 1. The van der Waals surface area contributed by atoms with Crippen LogP contribution >= 0.6 is 0 Å². The van der Waals surface area contributed by atoms with Crippen LogP contribution in [0.15, 0.2) is 34.9 Å². The smallest absolute Gasteiger partial charge is 0.426 e. The van der Waals surface area contributed by atoms with Gasteiger partial charge in [-0.2, -0.15) is 13.2 Å². The molecule has 0 saturated carbocycles. The summed E-state index contributed by atoms with van der Waals surface area (Å²) in [4.78, 5) is 24.6. The first-order valence-corrected chi connectivity index (χ1v) is 7.10. The zero-order chi connectivity index (χ0) is 18.4. The number of rotatable bonds is 2. The summed E-state index contributed by atoms with van der Waals surface area (Å²) in [7, 11) is 0. The molecule has 1 aromatic heterocycles. The number of halogens is 3. The summed E-state index contributed by atoms with van der Waals surface area (Å²) in [5.41, 5.74) is -3.76.